The van der Waals surface area contributed by atoms with Crippen molar-refractivity contribution in [3.05, 3.63) is 146 Å². The minimum Gasteiger partial charge on any atom is -0.456 e. The number of fused-ring (bicyclic) bond motifs is 6. The predicted molar refractivity (Wildman–Crippen MR) is 178 cm³/mol. The molecule has 0 atom stereocenters. The van der Waals surface area contributed by atoms with Crippen LogP contribution in [0.2, 0.25) is 0 Å². The van der Waals surface area contributed by atoms with E-state index in [-0.39, 0.29) is 0 Å². The Hall–Kier alpha value is -6.07. The Kier molecular flexibility index (Phi) is 5.43. The zero-order valence-electron chi connectivity index (χ0n) is 23.6. The van der Waals surface area contributed by atoms with Gasteiger partial charge in [0.1, 0.15) is 11.2 Å². The number of furan rings is 1. The van der Waals surface area contributed by atoms with Gasteiger partial charge in [-0.15, -0.1) is 0 Å². The molecule has 6 aromatic carbocycles. The molecule has 0 aliphatic heterocycles. The summed E-state index contributed by atoms with van der Waals surface area (Å²) in [6.45, 7) is 0. The molecule has 5 nitrogen and oxygen atoms in total. The van der Waals surface area contributed by atoms with Crippen LogP contribution < -0.4 is 0 Å². The number of hydrogen-bond acceptors (Lipinski definition) is 4. The zero-order valence-corrected chi connectivity index (χ0v) is 23.6. The lowest BCUT2D eigenvalue weighted by Gasteiger charge is -2.11. The van der Waals surface area contributed by atoms with Crippen LogP contribution in [0.25, 0.3) is 83.6 Å². The summed E-state index contributed by atoms with van der Waals surface area (Å²) in [4.78, 5) is 15.2. The Morgan fingerprint density at radius 2 is 1.07 bits per heavy atom. The Morgan fingerprint density at radius 1 is 0.432 bits per heavy atom. The van der Waals surface area contributed by atoms with Crippen molar-refractivity contribution < 1.29 is 4.42 Å². The summed E-state index contributed by atoms with van der Waals surface area (Å²) in [5.41, 5.74) is 7.87. The van der Waals surface area contributed by atoms with Crippen LogP contribution in [0.4, 0.5) is 0 Å². The van der Waals surface area contributed by atoms with Crippen molar-refractivity contribution in [3.63, 3.8) is 0 Å². The fraction of sp³-hybridized carbons (Fsp3) is 0. The van der Waals surface area contributed by atoms with Crippen LogP contribution in [-0.4, -0.2) is 19.5 Å². The summed E-state index contributed by atoms with van der Waals surface area (Å²) in [5, 5.41) is 4.47. The highest BCUT2D eigenvalue weighted by Gasteiger charge is 2.20. The van der Waals surface area contributed by atoms with Crippen molar-refractivity contribution in [1.82, 2.24) is 19.5 Å². The average molecular weight is 565 g/mol. The number of rotatable bonds is 4. The number of para-hydroxylation sites is 2. The summed E-state index contributed by atoms with van der Waals surface area (Å²) in [7, 11) is 0. The van der Waals surface area contributed by atoms with E-state index in [9.17, 15) is 0 Å². The van der Waals surface area contributed by atoms with E-state index >= 15 is 0 Å². The predicted octanol–water partition coefficient (Wildman–Crippen LogP) is 9.87. The van der Waals surface area contributed by atoms with Gasteiger partial charge in [0.25, 0.3) is 0 Å². The molecule has 0 N–H and O–H groups in total. The Bertz CT molecular complexity index is 2490. The molecule has 0 radical (unpaired) electrons. The summed E-state index contributed by atoms with van der Waals surface area (Å²) in [6.07, 6.45) is 0. The Labute approximate surface area is 252 Å². The topological polar surface area (TPSA) is 56.7 Å². The van der Waals surface area contributed by atoms with Gasteiger partial charge in [0.2, 0.25) is 5.95 Å². The molecule has 3 aromatic heterocycles. The maximum absolute atomic E-state index is 6.23. The van der Waals surface area contributed by atoms with Gasteiger partial charge in [-0.3, -0.25) is 4.57 Å². The molecule has 0 spiro atoms. The van der Waals surface area contributed by atoms with Crippen molar-refractivity contribution in [2.24, 2.45) is 0 Å². The Balaban J connectivity index is 1.33. The van der Waals surface area contributed by atoms with Crippen LogP contribution in [0.5, 0.6) is 0 Å². The lowest BCUT2D eigenvalue weighted by Crippen LogP contribution is -2.06. The Morgan fingerprint density at radius 3 is 1.89 bits per heavy atom. The van der Waals surface area contributed by atoms with Crippen molar-refractivity contribution in [1.29, 1.82) is 0 Å². The quantitative estimate of drug-likeness (QED) is 0.213. The highest BCUT2D eigenvalue weighted by Crippen LogP contribution is 2.38. The first-order valence-corrected chi connectivity index (χ1v) is 14.6. The molecule has 9 aromatic rings. The summed E-state index contributed by atoms with van der Waals surface area (Å²) >= 11 is 0. The van der Waals surface area contributed by atoms with E-state index in [1.165, 1.54) is 16.5 Å². The largest absolute Gasteiger partial charge is 0.456 e. The second-order valence-electron chi connectivity index (χ2n) is 10.9. The third-order valence-electron chi connectivity index (χ3n) is 8.28. The van der Waals surface area contributed by atoms with E-state index in [4.69, 9.17) is 19.4 Å². The number of nitrogens with zero attached hydrogens (tertiary/aromatic N) is 4. The van der Waals surface area contributed by atoms with E-state index in [0.717, 1.165) is 49.5 Å². The maximum atomic E-state index is 6.23. The van der Waals surface area contributed by atoms with E-state index in [1.807, 2.05) is 60.7 Å². The van der Waals surface area contributed by atoms with Crippen molar-refractivity contribution in [2.45, 2.75) is 0 Å². The lowest BCUT2D eigenvalue weighted by atomic mass is 9.99. The van der Waals surface area contributed by atoms with Gasteiger partial charge in [-0.25, -0.2) is 4.98 Å². The molecule has 44 heavy (non-hydrogen) atoms. The first-order valence-electron chi connectivity index (χ1n) is 14.6. The number of aromatic nitrogens is 4. The van der Waals surface area contributed by atoms with E-state index in [1.54, 1.807) is 0 Å². The van der Waals surface area contributed by atoms with Crippen LogP contribution in [0.15, 0.2) is 150 Å². The van der Waals surface area contributed by atoms with E-state index in [2.05, 4.69) is 89.5 Å². The van der Waals surface area contributed by atoms with Crippen molar-refractivity contribution >= 4 is 43.7 Å². The fourth-order valence-electron chi connectivity index (χ4n) is 6.27. The SMILES string of the molecule is c1ccc(-c2nc(-c3ccc4c(c3)oc3ccccc34)nc(-n3c4ccccc4c4c(-c5ccccc5)cccc43)n2)cc1. The third kappa shape index (κ3) is 3.83. The molecule has 0 saturated carbocycles. The third-order valence-corrected chi connectivity index (χ3v) is 8.28. The fourth-order valence-corrected chi connectivity index (χ4v) is 6.27. The number of hydrogen-bond donors (Lipinski definition) is 0. The summed E-state index contributed by atoms with van der Waals surface area (Å²) in [5.74, 6) is 1.76. The molecule has 0 fully saturated rings. The summed E-state index contributed by atoms with van der Waals surface area (Å²) in [6, 6.07) is 49.8. The van der Waals surface area contributed by atoms with Crippen LogP contribution in [0.1, 0.15) is 0 Å². The molecule has 0 aliphatic carbocycles. The van der Waals surface area contributed by atoms with Gasteiger partial charge in [-0.05, 0) is 41.5 Å². The molecular formula is C39H24N4O. The lowest BCUT2D eigenvalue weighted by molar-refractivity contribution is 0.669. The van der Waals surface area contributed by atoms with E-state index in [0.29, 0.717) is 17.6 Å². The van der Waals surface area contributed by atoms with Crippen LogP contribution >= 0.6 is 0 Å². The van der Waals surface area contributed by atoms with Gasteiger partial charge in [0, 0.05) is 32.7 Å². The minimum atomic E-state index is 0.565. The second-order valence-corrected chi connectivity index (χ2v) is 10.9. The first kappa shape index (κ1) is 24.5. The molecule has 0 saturated heterocycles. The standard InChI is InChI=1S/C39H24N4O/c1-3-12-25(13-4-1)28-18-11-20-33-36(28)31-17-7-9-19-32(31)43(33)39-41-37(26-14-5-2-6-15-26)40-38(42-39)27-22-23-30-29-16-8-10-21-34(29)44-35(30)24-27/h1-24H. The van der Waals surface area contributed by atoms with Gasteiger partial charge in [0.05, 0.1) is 11.0 Å². The molecule has 0 amide bonds. The maximum Gasteiger partial charge on any atom is 0.238 e. The molecule has 0 unspecified atom stereocenters. The number of benzene rings is 6. The van der Waals surface area contributed by atoms with Gasteiger partial charge in [-0.1, -0.05) is 115 Å². The molecule has 0 bridgehead atoms. The summed E-state index contributed by atoms with van der Waals surface area (Å²) < 4.78 is 8.39. The minimum absolute atomic E-state index is 0.565. The van der Waals surface area contributed by atoms with Gasteiger partial charge in [0.15, 0.2) is 11.6 Å². The van der Waals surface area contributed by atoms with Crippen LogP contribution in [0.3, 0.4) is 0 Å². The highest BCUT2D eigenvalue weighted by molar-refractivity contribution is 6.15. The first-order chi connectivity index (χ1) is 21.8. The van der Waals surface area contributed by atoms with Crippen LogP contribution in [0, 0.1) is 0 Å². The van der Waals surface area contributed by atoms with Gasteiger partial charge < -0.3 is 4.42 Å². The van der Waals surface area contributed by atoms with Gasteiger partial charge in [-0.2, -0.15) is 9.97 Å². The van der Waals surface area contributed by atoms with Crippen LogP contribution in [-0.2, 0) is 0 Å². The molecule has 9 rings (SSSR count). The molecular weight excluding hydrogens is 540 g/mol. The average Bonchev–Trinajstić information content (AvgIpc) is 3.64. The second kappa shape index (κ2) is 9.75. The molecule has 5 heteroatoms. The highest BCUT2D eigenvalue weighted by atomic mass is 16.3. The molecule has 206 valence electrons. The normalized spacial score (nSPS) is 11.6. The monoisotopic (exact) mass is 564 g/mol. The molecule has 3 heterocycles. The van der Waals surface area contributed by atoms with E-state index < -0.39 is 0 Å². The van der Waals surface area contributed by atoms with Gasteiger partial charge >= 0.3 is 0 Å². The zero-order chi connectivity index (χ0) is 29.0. The van der Waals surface area contributed by atoms with Crippen molar-refractivity contribution in [3.8, 4) is 39.9 Å². The smallest absolute Gasteiger partial charge is 0.238 e. The van der Waals surface area contributed by atoms with Crippen molar-refractivity contribution in [2.75, 3.05) is 0 Å². The molecule has 0 aliphatic rings.